The van der Waals surface area contributed by atoms with E-state index in [0.717, 1.165) is 0 Å². The SMILES string of the molecule is CC1(C)OB(c2ccc(S(=O)(=O)NCC(=O)O)cc2)OC1(C)C. The molecule has 0 aromatic heterocycles. The highest BCUT2D eigenvalue weighted by atomic mass is 32.2. The number of nitrogens with one attached hydrogen (secondary N) is 1. The molecule has 1 saturated heterocycles. The van der Waals surface area contributed by atoms with Crippen molar-refractivity contribution in [2.75, 3.05) is 6.54 Å². The maximum Gasteiger partial charge on any atom is 0.494 e. The minimum absolute atomic E-state index is 0.0148. The maximum absolute atomic E-state index is 11.9. The Bertz CT molecular complexity index is 682. The molecule has 1 aromatic carbocycles. The molecule has 1 aliphatic heterocycles. The lowest BCUT2D eigenvalue weighted by Gasteiger charge is -2.32. The Morgan fingerprint density at radius 3 is 2.04 bits per heavy atom. The fourth-order valence-corrected chi connectivity index (χ4v) is 3.00. The topological polar surface area (TPSA) is 102 Å². The summed E-state index contributed by atoms with van der Waals surface area (Å²) in [5.74, 6) is -1.25. The average molecular weight is 341 g/mol. The molecule has 1 heterocycles. The second kappa shape index (κ2) is 5.90. The zero-order chi connectivity index (χ0) is 17.5. The van der Waals surface area contributed by atoms with Crippen LogP contribution < -0.4 is 10.2 Å². The summed E-state index contributed by atoms with van der Waals surface area (Å²) in [5, 5.41) is 8.55. The van der Waals surface area contributed by atoms with Gasteiger partial charge in [0.25, 0.3) is 0 Å². The molecule has 0 atom stereocenters. The van der Waals surface area contributed by atoms with Crippen molar-refractivity contribution in [3.05, 3.63) is 24.3 Å². The third kappa shape index (κ3) is 3.74. The van der Waals surface area contributed by atoms with E-state index in [9.17, 15) is 13.2 Å². The average Bonchev–Trinajstić information content (AvgIpc) is 2.66. The summed E-state index contributed by atoms with van der Waals surface area (Å²) >= 11 is 0. The second-order valence-electron chi connectivity index (χ2n) is 6.38. The second-order valence-corrected chi connectivity index (χ2v) is 8.14. The highest BCUT2D eigenvalue weighted by molar-refractivity contribution is 7.89. The molecule has 1 fully saturated rings. The van der Waals surface area contributed by atoms with Gasteiger partial charge in [0.15, 0.2) is 0 Å². The molecular weight excluding hydrogens is 321 g/mol. The molecule has 0 spiro atoms. The van der Waals surface area contributed by atoms with Crippen molar-refractivity contribution in [1.82, 2.24) is 4.72 Å². The number of carbonyl (C=O) groups is 1. The van der Waals surface area contributed by atoms with Crippen molar-refractivity contribution in [3.8, 4) is 0 Å². The lowest BCUT2D eigenvalue weighted by Crippen LogP contribution is -2.41. The predicted octanol–water partition coefficient (Wildman–Crippen LogP) is 0.349. The lowest BCUT2D eigenvalue weighted by molar-refractivity contribution is -0.135. The summed E-state index contributed by atoms with van der Waals surface area (Å²) in [6.07, 6.45) is 0. The van der Waals surface area contributed by atoms with Gasteiger partial charge in [-0.05, 0) is 45.3 Å². The van der Waals surface area contributed by atoms with E-state index < -0.39 is 40.9 Å². The molecule has 0 radical (unpaired) electrons. The Labute approximate surface area is 136 Å². The minimum Gasteiger partial charge on any atom is -0.480 e. The summed E-state index contributed by atoms with van der Waals surface area (Å²) in [4.78, 5) is 10.5. The van der Waals surface area contributed by atoms with E-state index >= 15 is 0 Å². The van der Waals surface area contributed by atoms with Crippen LogP contribution in [0.4, 0.5) is 0 Å². The Hall–Kier alpha value is -1.42. The number of carboxylic acid groups (broad SMARTS) is 1. The highest BCUT2D eigenvalue weighted by Crippen LogP contribution is 2.36. The molecule has 0 bridgehead atoms. The van der Waals surface area contributed by atoms with Crippen LogP contribution in [0, 0.1) is 0 Å². The number of hydrogen-bond acceptors (Lipinski definition) is 5. The highest BCUT2D eigenvalue weighted by Gasteiger charge is 2.51. The van der Waals surface area contributed by atoms with Crippen molar-refractivity contribution in [2.45, 2.75) is 43.8 Å². The van der Waals surface area contributed by atoms with Gasteiger partial charge in [-0.2, -0.15) is 4.72 Å². The number of carboxylic acids is 1. The quantitative estimate of drug-likeness (QED) is 0.750. The van der Waals surface area contributed by atoms with Gasteiger partial charge >= 0.3 is 13.1 Å². The van der Waals surface area contributed by atoms with Gasteiger partial charge < -0.3 is 14.4 Å². The molecule has 126 valence electrons. The van der Waals surface area contributed by atoms with E-state index in [4.69, 9.17) is 14.4 Å². The monoisotopic (exact) mass is 341 g/mol. The van der Waals surface area contributed by atoms with E-state index in [1.165, 1.54) is 12.1 Å². The largest absolute Gasteiger partial charge is 0.494 e. The molecule has 7 nitrogen and oxygen atoms in total. The van der Waals surface area contributed by atoms with E-state index in [1.54, 1.807) is 12.1 Å². The van der Waals surface area contributed by atoms with E-state index in [0.29, 0.717) is 5.46 Å². The Kier molecular flexibility index (Phi) is 4.60. The number of benzene rings is 1. The molecule has 2 N–H and O–H groups in total. The molecule has 0 saturated carbocycles. The molecule has 2 rings (SSSR count). The van der Waals surface area contributed by atoms with Crippen LogP contribution in [-0.4, -0.2) is 44.4 Å². The van der Waals surface area contributed by atoms with Gasteiger partial charge in [-0.25, -0.2) is 8.42 Å². The zero-order valence-corrected chi connectivity index (χ0v) is 14.3. The summed E-state index contributed by atoms with van der Waals surface area (Å²) in [6, 6.07) is 5.98. The van der Waals surface area contributed by atoms with Crippen molar-refractivity contribution in [1.29, 1.82) is 0 Å². The first kappa shape index (κ1) is 17.9. The third-order valence-corrected chi connectivity index (χ3v) is 5.55. The van der Waals surface area contributed by atoms with Crippen LogP contribution in [0.2, 0.25) is 0 Å². The number of rotatable bonds is 5. The lowest BCUT2D eigenvalue weighted by atomic mass is 9.79. The number of hydrogen-bond donors (Lipinski definition) is 2. The summed E-state index contributed by atoms with van der Waals surface area (Å²) < 4.78 is 37.7. The van der Waals surface area contributed by atoms with Gasteiger partial charge in [0.05, 0.1) is 16.1 Å². The Morgan fingerprint density at radius 2 is 1.61 bits per heavy atom. The number of aliphatic carboxylic acids is 1. The van der Waals surface area contributed by atoms with Crippen molar-refractivity contribution in [3.63, 3.8) is 0 Å². The maximum atomic E-state index is 11.9. The fourth-order valence-electron chi connectivity index (χ4n) is 2.02. The first-order valence-corrected chi connectivity index (χ1v) is 8.60. The van der Waals surface area contributed by atoms with E-state index in [-0.39, 0.29) is 4.90 Å². The van der Waals surface area contributed by atoms with Crippen molar-refractivity contribution < 1.29 is 27.6 Å². The third-order valence-electron chi connectivity index (χ3n) is 4.13. The standard InChI is InChI=1S/C14H20BNO6S/c1-13(2)14(3,4)22-15(21-13)10-5-7-11(8-6-10)23(19,20)16-9-12(17)18/h5-8,16H,9H2,1-4H3,(H,17,18). The van der Waals surface area contributed by atoms with Crippen LogP contribution in [0.15, 0.2) is 29.2 Å². The van der Waals surface area contributed by atoms with E-state index in [2.05, 4.69) is 0 Å². The van der Waals surface area contributed by atoms with Gasteiger partial charge in [0.2, 0.25) is 10.0 Å². The van der Waals surface area contributed by atoms with Crippen LogP contribution in [0.25, 0.3) is 0 Å². The molecule has 9 heteroatoms. The van der Waals surface area contributed by atoms with Gasteiger partial charge in [0.1, 0.15) is 6.54 Å². The normalized spacial score (nSPS) is 19.7. The van der Waals surface area contributed by atoms with Crippen LogP contribution in [0.3, 0.4) is 0 Å². The summed E-state index contributed by atoms with van der Waals surface area (Å²) in [7, 11) is -4.43. The van der Waals surface area contributed by atoms with Crippen LogP contribution >= 0.6 is 0 Å². The molecular formula is C14H20BNO6S. The molecule has 0 aliphatic carbocycles. The smallest absolute Gasteiger partial charge is 0.480 e. The minimum atomic E-state index is -3.85. The van der Waals surface area contributed by atoms with E-state index in [1.807, 2.05) is 32.4 Å². The summed E-state index contributed by atoms with van der Waals surface area (Å²) in [6.45, 7) is 7.06. The molecule has 1 aromatic rings. The molecule has 1 aliphatic rings. The Morgan fingerprint density at radius 1 is 1.13 bits per heavy atom. The van der Waals surface area contributed by atoms with Crippen molar-refractivity contribution >= 4 is 28.6 Å². The molecule has 0 amide bonds. The van der Waals surface area contributed by atoms with Crippen molar-refractivity contribution in [2.24, 2.45) is 0 Å². The van der Waals surface area contributed by atoms with Crippen LogP contribution in [-0.2, 0) is 24.1 Å². The first-order valence-electron chi connectivity index (χ1n) is 7.12. The van der Waals surface area contributed by atoms with Gasteiger partial charge in [-0.3, -0.25) is 4.79 Å². The molecule has 0 unspecified atom stereocenters. The zero-order valence-electron chi connectivity index (χ0n) is 13.5. The van der Waals surface area contributed by atoms with Gasteiger partial charge in [0, 0.05) is 0 Å². The first-order chi connectivity index (χ1) is 10.4. The van der Waals surface area contributed by atoms with Crippen LogP contribution in [0.1, 0.15) is 27.7 Å². The predicted molar refractivity (Wildman–Crippen MR) is 85.0 cm³/mol. The van der Waals surface area contributed by atoms with Gasteiger partial charge in [-0.1, -0.05) is 12.1 Å². The van der Waals surface area contributed by atoms with Crippen LogP contribution in [0.5, 0.6) is 0 Å². The van der Waals surface area contributed by atoms with Gasteiger partial charge in [-0.15, -0.1) is 0 Å². The number of sulfonamides is 1. The molecule has 23 heavy (non-hydrogen) atoms. The Balaban J connectivity index is 2.16. The fraction of sp³-hybridized carbons (Fsp3) is 0.500. The summed E-state index contributed by atoms with van der Waals surface area (Å²) in [5.41, 5.74) is -0.266.